The summed E-state index contributed by atoms with van der Waals surface area (Å²) in [6, 6.07) is 4.19. The Bertz CT molecular complexity index is 1670. The first kappa shape index (κ1) is 30.2. The van der Waals surface area contributed by atoms with Gasteiger partial charge in [0.2, 0.25) is 17.6 Å². The summed E-state index contributed by atoms with van der Waals surface area (Å²) < 4.78 is 47.3. The van der Waals surface area contributed by atoms with Gasteiger partial charge in [0.1, 0.15) is 6.54 Å². The molecular weight excluding hydrogens is 565 g/mol. The summed E-state index contributed by atoms with van der Waals surface area (Å²) in [5.41, 5.74) is 1.65. The van der Waals surface area contributed by atoms with Gasteiger partial charge in [-0.15, -0.1) is 5.10 Å². The van der Waals surface area contributed by atoms with E-state index in [4.69, 9.17) is 9.72 Å². The van der Waals surface area contributed by atoms with Gasteiger partial charge in [-0.25, -0.2) is 0 Å². The molecular formula is C30H33F3N6O4. The molecule has 0 spiro atoms. The number of nitrogens with one attached hydrogen (secondary N) is 1. The van der Waals surface area contributed by atoms with Crippen LogP contribution in [0.2, 0.25) is 0 Å². The monoisotopic (exact) mass is 598 g/mol. The van der Waals surface area contributed by atoms with E-state index < -0.39 is 17.6 Å². The number of halogens is 3. The van der Waals surface area contributed by atoms with Crippen LogP contribution in [-0.4, -0.2) is 62.2 Å². The molecule has 0 saturated heterocycles. The van der Waals surface area contributed by atoms with Crippen LogP contribution in [0, 0.1) is 0 Å². The van der Waals surface area contributed by atoms with Gasteiger partial charge >= 0.3 is 6.18 Å². The van der Waals surface area contributed by atoms with Crippen LogP contribution >= 0.6 is 0 Å². The summed E-state index contributed by atoms with van der Waals surface area (Å²) >= 11 is 0. The van der Waals surface area contributed by atoms with E-state index >= 15 is 0 Å². The number of aromatic nitrogens is 4. The molecule has 13 heteroatoms. The number of carbonyl (C=O) groups excluding carboxylic acids is 2. The summed E-state index contributed by atoms with van der Waals surface area (Å²) in [6.45, 7) is 3.92. The second kappa shape index (κ2) is 12.2. The highest BCUT2D eigenvalue weighted by Crippen LogP contribution is 2.31. The Hall–Kier alpha value is -4.26. The summed E-state index contributed by atoms with van der Waals surface area (Å²) in [5.74, 6) is 0.0229. The molecule has 1 aliphatic heterocycles. The van der Waals surface area contributed by atoms with Crippen LogP contribution in [0.15, 0.2) is 41.2 Å². The zero-order valence-corrected chi connectivity index (χ0v) is 24.2. The predicted octanol–water partition coefficient (Wildman–Crippen LogP) is 4.33. The maximum atomic E-state index is 14.0. The fourth-order valence-electron chi connectivity index (χ4n) is 5.59. The Balaban J connectivity index is 1.57. The normalized spacial score (nSPS) is 17.5. The Kier molecular flexibility index (Phi) is 8.54. The molecule has 3 heterocycles. The molecule has 5 rings (SSSR count). The summed E-state index contributed by atoms with van der Waals surface area (Å²) in [6.07, 6.45) is 2.44. The van der Waals surface area contributed by atoms with E-state index in [1.54, 1.807) is 16.6 Å². The standard InChI is InChI=1S/C30H33F3N6O4/c1-4-24-26(19-13-15-37(16-14-19)18(2)40)28(42)39-29(35-27(36-39)20-5-11-23(43-3)12-6-20)38(24)17-25(41)34-22-9-7-21(8-10-22)30(31,32)33/h5,7-10,13,23H,4,6,11-12,14-17H2,1-3H3,(H,34,41). The molecule has 0 bridgehead atoms. The second-order valence-corrected chi connectivity index (χ2v) is 10.6. The number of carbonyl (C=O) groups is 2. The molecule has 1 unspecified atom stereocenters. The van der Waals surface area contributed by atoms with Gasteiger partial charge in [0, 0.05) is 38.5 Å². The zero-order valence-electron chi connectivity index (χ0n) is 24.2. The molecule has 2 amide bonds. The molecule has 1 aliphatic carbocycles. The summed E-state index contributed by atoms with van der Waals surface area (Å²) in [4.78, 5) is 45.5. The van der Waals surface area contributed by atoms with Crippen LogP contribution in [0.5, 0.6) is 0 Å². The number of ether oxygens (including phenoxy) is 1. The number of nitrogens with zero attached hydrogens (tertiary/aromatic N) is 5. The molecule has 1 aromatic carbocycles. The van der Waals surface area contributed by atoms with Crippen molar-refractivity contribution in [3.63, 3.8) is 0 Å². The van der Waals surface area contributed by atoms with Gasteiger partial charge in [-0.3, -0.25) is 14.4 Å². The fraction of sp³-hybridized carbons (Fsp3) is 0.433. The molecule has 228 valence electrons. The third-order valence-corrected chi connectivity index (χ3v) is 7.94. The van der Waals surface area contributed by atoms with E-state index in [1.807, 2.05) is 19.1 Å². The molecule has 2 aromatic heterocycles. The number of anilines is 1. The summed E-state index contributed by atoms with van der Waals surface area (Å²) in [7, 11) is 1.67. The number of fused-ring (bicyclic) bond motifs is 1. The van der Waals surface area contributed by atoms with E-state index in [1.165, 1.54) is 23.6 Å². The van der Waals surface area contributed by atoms with Crippen molar-refractivity contribution in [2.45, 2.75) is 64.8 Å². The first-order valence-corrected chi connectivity index (χ1v) is 14.2. The number of benzene rings is 1. The highest BCUT2D eigenvalue weighted by atomic mass is 19.4. The van der Waals surface area contributed by atoms with Crippen LogP contribution in [0.1, 0.15) is 62.2 Å². The number of amides is 2. The van der Waals surface area contributed by atoms with E-state index in [0.29, 0.717) is 55.9 Å². The molecule has 3 aromatic rings. The topological polar surface area (TPSA) is 111 Å². The minimum absolute atomic E-state index is 0.0591. The Morgan fingerprint density at radius 3 is 2.42 bits per heavy atom. The maximum absolute atomic E-state index is 14.0. The Labute approximate surface area is 245 Å². The van der Waals surface area contributed by atoms with Crippen molar-refractivity contribution in [1.82, 2.24) is 24.1 Å². The van der Waals surface area contributed by atoms with Crippen molar-refractivity contribution in [2.75, 3.05) is 25.5 Å². The van der Waals surface area contributed by atoms with Crippen LogP contribution < -0.4 is 10.9 Å². The number of methoxy groups -OCH3 is 1. The van der Waals surface area contributed by atoms with Gasteiger partial charge in [-0.1, -0.05) is 19.1 Å². The quantitative estimate of drug-likeness (QED) is 0.434. The maximum Gasteiger partial charge on any atom is 0.416 e. The van der Waals surface area contributed by atoms with Gasteiger partial charge in [-0.2, -0.15) is 22.7 Å². The Morgan fingerprint density at radius 2 is 1.86 bits per heavy atom. The van der Waals surface area contributed by atoms with Crippen molar-refractivity contribution >= 4 is 34.4 Å². The fourth-order valence-corrected chi connectivity index (χ4v) is 5.59. The SMILES string of the molecule is CCc1c(C2=CCN(C(C)=O)CC2)c(=O)n2nc(C3=CCC(OC)CC3)nc2n1CC(=O)Nc1ccc(C(F)(F)F)cc1. The van der Waals surface area contributed by atoms with Crippen LogP contribution in [-0.2, 0) is 33.5 Å². The van der Waals surface area contributed by atoms with Crippen LogP contribution in [0.25, 0.3) is 16.9 Å². The van der Waals surface area contributed by atoms with Crippen molar-refractivity contribution in [2.24, 2.45) is 0 Å². The lowest BCUT2D eigenvalue weighted by Gasteiger charge is -2.26. The molecule has 0 fully saturated rings. The number of allylic oxidation sites excluding steroid dienone is 1. The molecule has 1 N–H and O–H groups in total. The first-order valence-electron chi connectivity index (χ1n) is 14.2. The number of hydrogen-bond donors (Lipinski definition) is 1. The van der Waals surface area contributed by atoms with E-state index in [0.717, 1.165) is 29.7 Å². The molecule has 0 saturated carbocycles. The lowest BCUT2D eigenvalue weighted by Crippen LogP contribution is -2.35. The summed E-state index contributed by atoms with van der Waals surface area (Å²) in [5, 5.41) is 7.23. The lowest BCUT2D eigenvalue weighted by atomic mass is 9.97. The van der Waals surface area contributed by atoms with E-state index in [2.05, 4.69) is 10.4 Å². The minimum atomic E-state index is -4.49. The minimum Gasteiger partial charge on any atom is -0.381 e. The smallest absolute Gasteiger partial charge is 0.381 e. The van der Waals surface area contributed by atoms with Gasteiger partial charge in [-0.05, 0) is 67.5 Å². The Morgan fingerprint density at radius 1 is 1.12 bits per heavy atom. The second-order valence-electron chi connectivity index (χ2n) is 10.6. The van der Waals surface area contributed by atoms with Gasteiger partial charge in [0.05, 0.1) is 17.2 Å². The van der Waals surface area contributed by atoms with Gasteiger partial charge in [0.15, 0.2) is 5.82 Å². The lowest BCUT2D eigenvalue weighted by molar-refractivity contribution is -0.137. The average molecular weight is 599 g/mol. The van der Waals surface area contributed by atoms with E-state index in [-0.39, 0.29) is 35.6 Å². The first-order chi connectivity index (χ1) is 20.5. The molecule has 2 aliphatic rings. The van der Waals surface area contributed by atoms with E-state index in [9.17, 15) is 27.6 Å². The zero-order chi connectivity index (χ0) is 30.9. The van der Waals surface area contributed by atoms with Crippen LogP contribution in [0.3, 0.4) is 0 Å². The third kappa shape index (κ3) is 6.26. The predicted molar refractivity (Wildman–Crippen MR) is 154 cm³/mol. The largest absolute Gasteiger partial charge is 0.416 e. The highest BCUT2D eigenvalue weighted by Gasteiger charge is 2.30. The number of hydrogen-bond acceptors (Lipinski definition) is 6. The molecule has 0 radical (unpaired) electrons. The van der Waals surface area contributed by atoms with Gasteiger partial charge < -0.3 is 19.5 Å². The molecule has 43 heavy (non-hydrogen) atoms. The van der Waals surface area contributed by atoms with Crippen molar-refractivity contribution in [3.05, 3.63) is 69.4 Å². The number of alkyl halides is 3. The highest BCUT2D eigenvalue weighted by molar-refractivity contribution is 5.91. The molecule has 10 nitrogen and oxygen atoms in total. The van der Waals surface area contributed by atoms with Crippen molar-refractivity contribution in [1.29, 1.82) is 0 Å². The van der Waals surface area contributed by atoms with Crippen molar-refractivity contribution in [3.8, 4) is 0 Å². The third-order valence-electron chi connectivity index (χ3n) is 7.94. The van der Waals surface area contributed by atoms with Crippen molar-refractivity contribution < 1.29 is 27.5 Å². The number of rotatable bonds is 7. The van der Waals surface area contributed by atoms with Gasteiger partial charge in [0.25, 0.3) is 5.56 Å². The molecule has 1 atom stereocenters. The average Bonchev–Trinajstić information content (AvgIpc) is 3.44. The van der Waals surface area contributed by atoms with Crippen LogP contribution in [0.4, 0.5) is 18.9 Å².